The van der Waals surface area contributed by atoms with E-state index in [4.69, 9.17) is 0 Å². The molecule has 5 amide bonds. The Kier molecular flexibility index (Phi) is 13.4. The third-order valence-electron chi connectivity index (χ3n) is 9.31. The van der Waals surface area contributed by atoms with E-state index in [1.165, 1.54) is 16.7 Å². The second-order valence-electron chi connectivity index (χ2n) is 15.8. The molecule has 0 bridgehead atoms. The maximum atomic E-state index is 14.2. The minimum Gasteiger partial charge on any atom is -0.381 e. The molecule has 2 fully saturated rings. The zero-order chi connectivity index (χ0) is 37.5. The van der Waals surface area contributed by atoms with Gasteiger partial charge in [0, 0.05) is 17.7 Å². The average molecular weight is 722 g/mol. The Bertz CT molecular complexity index is 1530. The summed E-state index contributed by atoms with van der Waals surface area (Å²) in [6, 6.07) is 14.0. The molecule has 278 valence electrons. The highest BCUT2D eigenvalue weighted by molar-refractivity contribution is 8.00. The number of amides is 5. The molecule has 1 saturated carbocycles. The van der Waals surface area contributed by atoms with E-state index in [9.17, 15) is 29.1 Å². The van der Waals surface area contributed by atoms with Crippen LogP contribution in [0.25, 0.3) is 0 Å². The van der Waals surface area contributed by atoms with E-state index in [0.717, 1.165) is 18.4 Å². The number of nitrogens with zero attached hydrogens (tertiary/aromatic N) is 1. The number of hydrogen-bond donors (Lipinski definition) is 5. The standard InChI is InChI=1S/C39H55N5O6S/c1-24(2)20-29(45)42-30(27-16-12-9-13-17-27)34(47)43-32(38(3,4)5)35(48)41-28(21-25-14-10-8-11-15-25)31(46)37(50)44-23-51-39(6,7)33(44)36(49)40-22-26-18-19-26/h8-17,24,26,28,30-33,46H,18-23H2,1-7H3,(H,40,49)(H,41,48)(H,42,45)(H,43,47)/t28-,30-,31-,32+,33+/m0/s1. The molecule has 0 aromatic heterocycles. The number of rotatable bonds is 15. The maximum absolute atomic E-state index is 14.2. The summed E-state index contributed by atoms with van der Waals surface area (Å²) < 4.78 is -0.595. The fraction of sp³-hybridized carbons (Fsp3) is 0.564. The number of benzene rings is 2. The predicted molar refractivity (Wildman–Crippen MR) is 199 cm³/mol. The molecule has 1 aliphatic carbocycles. The molecule has 1 aliphatic heterocycles. The quantitative estimate of drug-likeness (QED) is 0.188. The molecule has 1 saturated heterocycles. The van der Waals surface area contributed by atoms with Gasteiger partial charge in [0.1, 0.15) is 18.1 Å². The molecule has 2 aromatic rings. The molecule has 2 aliphatic rings. The largest absolute Gasteiger partial charge is 0.381 e. The fourth-order valence-corrected chi connectivity index (χ4v) is 7.37. The highest BCUT2D eigenvalue weighted by Crippen LogP contribution is 2.40. The molecule has 2 aromatic carbocycles. The van der Waals surface area contributed by atoms with Gasteiger partial charge in [0.05, 0.1) is 11.9 Å². The highest BCUT2D eigenvalue weighted by atomic mass is 32.2. The highest BCUT2D eigenvalue weighted by Gasteiger charge is 2.50. The molecule has 0 unspecified atom stereocenters. The summed E-state index contributed by atoms with van der Waals surface area (Å²) in [7, 11) is 0. The summed E-state index contributed by atoms with van der Waals surface area (Å²) in [6.07, 6.45) is 0.793. The van der Waals surface area contributed by atoms with Crippen LogP contribution in [0.5, 0.6) is 0 Å². The summed E-state index contributed by atoms with van der Waals surface area (Å²) in [5, 5.41) is 23.3. The van der Waals surface area contributed by atoms with Gasteiger partial charge in [0.15, 0.2) is 6.10 Å². The monoisotopic (exact) mass is 721 g/mol. The third kappa shape index (κ3) is 11.0. The number of aliphatic hydroxyl groups excluding tert-OH is 1. The summed E-state index contributed by atoms with van der Waals surface area (Å²) in [6.45, 7) is 13.6. The molecule has 4 rings (SSSR count). The summed E-state index contributed by atoms with van der Waals surface area (Å²) in [4.78, 5) is 69.9. The van der Waals surface area contributed by atoms with Crippen LogP contribution >= 0.6 is 11.8 Å². The van der Waals surface area contributed by atoms with Crippen molar-refractivity contribution in [2.24, 2.45) is 17.3 Å². The number of nitrogens with one attached hydrogen (secondary N) is 4. The van der Waals surface area contributed by atoms with Crippen LogP contribution in [0.15, 0.2) is 60.7 Å². The first-order valence-electron chi connectivity index (χ1n) is 17.9. The molecular formula is C39H55N5O6S. The second kappa shape index (κ2) is 17.1. The van der Waals surface area contributed by atoms with Crippen molar-refractivity contribution in [1.29, 1.82) is 0 Å². The minimum absolute atomic E-state index is 0.0749. The van der Waals surface area contributed by atoms with Gasteiger partial charge >= 0.3 is 0 Å². The van der Waals surface area contributed by atoms with Gasteiger partial charge in [0.2, 0.25) is 23.6 Å². The number of hydrogen-bond acceptors (Lipinski definition) is 7. The van der Waals surface area contributed by atoms with E-state index in [1.807, 2.05) is 64.1 Å². The molecule has 5 atom stereocenters. The number of thioether (sulfide) groups is 1. The van der Waals surface area contributed by atoms with Crippen molar-refractivity contribution in [1.82, 2.24) is 26.2 Å². The first-order chi connectivity index (χ1) is 24.0. The topological polar surface area (TPSA) is 157 Å². The van der Waals surface area contributed by atoms with E-state index >= 15 is 0 Å². The van der Waals surface area contributed by atoms with Gasteiger partial charge in [-0.1, -0.05) is 95.3 Å². The molecule has 5 N–H and O–H groups in total. The first kappa shape index (κ1) is 39.9. The van der Waals surface area contributed by atoms with Crippen LogP contribution in [0.3, 0.4) is 0 Å². The molecule has 1 heterocycles. The average Bonchev–Trinajstić information content (AvgIpc) is 3.84. The van der Waals surface area contributed by atoms with Crippen molar-refractivity contribution in [2.45, 2.75) is 109 Å². The van der Waals surface area contributed by atoms with Crippen LogP contribution in [0.1, 0.15) is 84.9 Å². The lowest BCUT2D eigenvalue weighted by Gasteiger charge is -2.35. The van der Waals surface area contributed by atoms with E-state index in [1.54, 1.807) is 45.0 Å². The number of aliphatic hydroxyl groups is 1. The van der Waals surface area contributed by atoms with Crippen molar-refractivity contribution in [3.63, 3.8) is 0 Å². The Morgan fingerprint density at radius 2 is 1.51 bits per heavy atom. The zero-order valence-corrected chi connectivity index (χ0v) is 31.7. The van der Waals surface area contributed by atoms with Gasteiger partial charge in [-0.2, -0.15) is 0 Å². The van der Waals surface area contributed by atoms with Crippen molar-refractivity contribution >= 4 is 41.3 Å². The molecular weight excluding hydrogens is 667 g/mol. The molecule has 11 nitrogen and oxygen atoms in total. The Morgan fingerprint density at radius 3 is 2.08 bits per heavy atom. The second-order valence-corrected chi connectivity index (χ2v) is 17.4. The summed E-state index contributed by atoms with van der Waals surface area (Å²) in [5.74, 6) is -1.63. The molecule has 0 spiro atoms. The van der Waals surface area contributed by atoms with Crippen LogP contribution in [-0.2, 0) is 30.4 Å². The number of carbonyl (C=O) groups is 5. The van der Waals surface area contributed by atoms with E-state index in [-0.39, 0.29) is 36.5 Å². The normalized spacial score (nSPS) is 19.4. The van der Waals surface area contributed by atoms with Crippen molar-refractivity contribution in [3.05, 3.63) is 71.8 Å². The van der Waals surface area contributed by atoms with Gasteiger partial charge in [-0.3, -0.25) is 24.0 Å². The van der Waals surface area contributed by atoms with E-state index in [0.29, 0.717) is 18.0 Å². The Balaban J connectivity index is 1.58. The van der Waals surface area contributed by atoms with Crippen molar-refractivity contribution in [3.8, 4) is 0 Å². The lowest BCUT2D eigenvalue weighted by molar-refractivity contribution is -0.148. The van der Waals surface area contributed by atoms with Gasteiger partial charge in [-0.25, -0.2) is 0 Å². The summed E-state index contributed by atoms with van der Waals surface area (Å²) >= 11 is 1.46. The molecule has 51 heavy (non-hydrogen) atoms. The number of carbonyl (C=O) groups excluding carboxylic acids is 5. The van der Waals surface area contributed by atoms with Gasteiger partial charge in [0.25, 0.3) is 5.91 Å². The summed E-state index contributed by atoms with van der Waals surface area (Å²) in [5.41, 5.74) is 0.526. The van der Waals surface area contributed by atoms with Crippen LogP contribution in [-0.4, -0.2) is 80.9 Å². The zero-order valence-electron chi connectivity index (χ0n) is 30.9. The van der Waals surface area contributed by atoms with Crippen LogP contribution in [0.4, 0.5) is 0 Å². The Hall–Kier alpha value is -3.90. The van der Waals surface area contributed by atoms with Gasteiger partial charge in [-0.15, -0.1) is 11.8 Å². The smallest absolute Gasteiger partial charge is 0.254 e. The fourth-order valence-electron chi connectivity index (χ4n) is 6.23. The first-order valence-corrected chi connectivity index (χ1v) is 18.9. The Morgan fingerprint density at radius 1 is 0.902 bits per heavy atom. The van der Waals surface area contributed by atoms with Crippen LogP contribution in [0.2, 0.25) is 0 Å². The predicted octanol–water partition coefficient (Wildman–Crippen LogP) is 3.72. The van der Waals surface area contributed by atoms with Gasteiger partial charge in [-0.05, 0) is 61.5 Å². The lowest BCUT2D eigenvalue weighted by atomic mass is 9.85. The van der Waals surface area contributed by atoms with Crippen LogP contribution < -0.4 is 21.3 Å². The third-order valence-corrected chi connectivity index (χ3v) is 10.7. The van der Waals surface area contributed by atoms with Crippen molar-refractivity contribution < 1.29 is 29.1 Å². The van der Waals surface area contributed by atoms with Crippen LogP contribution in [0, 0.1) is 17.3 Å². The SMILES string of the molecule is CC(C)CC(=O)N[C@H](C(=O)N[C@H](C(=O)N[C@@H](Cc1ccccc1)[C@H](O)C(=O)N1CSC(C)(C)[C@H]1C(=O)NCC1CC1)C(C)(C)C)c1ccccc1. The molecule has 0 radical (unpaired) electrons. The molecule has 12 heteroatoms. The van der Waals surface area contributed by atoms with Crippen molar-refractivity contribution in [2.75, 3.05) is 12.4 Å². The van der Waals surface area contributed by atoms with E-state index < -0.39 is 58.2 Å². The van der Waals surface area contributed by atoms with Gasteiger partial charge < -0.3 is 31.3 Å². The minimum atomic E-state index is -1.69. The Labute approximate surface area is 306 Å². The maximum Gasteiger partial charge on any atom is 0.254 e. The van der Waals surface area contributed by atoms with E-state index in [2.05, 4.69) is 21.3 Å². The lowest BCUT2D eigenvalue weighted by Crippen LogP contribution is -2.62.